The van der Waals surface area contributed by atoms with Crippen molar-refractivity contribution in [3.8, 4) is 0 Å². The van der Waals surface area contributed by atoms with E-state index in [0.29, 0.717) is 17.4 Å². The SMILES string of the molecule is CCc1cnc2c(c1NC(=O)c1cc(=O)c3ccccc3o1)c(=O)n(C)c(=O)n2C. The van der Waals surface area contributed by atoms with Crippen LogP contribution in [0.4, 0.5) is 5.69 Å². The maximum atomic E-state index is 12.9. The molecule has 1 aromatic carbocycles. The molecule has 4 rings (SSSR count). The number of pyridine rings is 1. The molecule has 9 heteroatoms. The normalized spacial score (nSPS) is 11.2. The van der Waals surface area contributed by atoms with E-state index in [2.05, 4.69) is 10.3 Å². The minimum absolute atomic E-state index is 0.107. The molecular weight excluding hydrogens is 388 g/mol. The van der Waals surface area contributed by atoms with Gasteiger partial charge in [-0.1, -0.05) is 19.1 Å². The van der Waals surface area contributed by atoms with E-state index < -0.39 is 17.2 Å². The third-order valence-electron chi connectivity index (χ3n) is 5.03. The number of benzene rings is 1. The molecule has 0 radical (unpaired) electrons. The molecule has 0 atom stereocenters. The van der Waals surface area contributed by atoms with E-state index in [1.54, 1.807) is 24.3 Å². The molecule has 0 aliphatic heterocycles. The molecule has 30 heavy (non-hydrogen) atoms. The smallest absolute Gasteiger partial charge is 0.332 e. The van der Waals surface area contributed by atoms with Crippen LogP contribution >= 0.6 is 0 Å². The number of para-hydroxylation sites is 1. The van der Waals surface area contributed by atoms with Crippen LogP contribution in [0.3, 0.4) is 0 Å². The summed E-state index contributed by atoms with van der Waals surface area (Å²) in [6.07, 6.45) is 1.99. The van der Waals surface area contributed by atoms with Gasteiger partial charge < -0.3 is 9.73 Å². The number of fused-ring (bicyclic) bond motifs is 2. The third-order valence-corrected chi connectivity index (χ3v) is 5.03. The lowest BCUT2D eigenvalue weighted by molar-refractivity contribution is 0.0997. The summed E-state index contributed by atoms with van der Waals surface area (Å²) < 4.78 is 7.78. The standard InChI is InChI=1S/C21H18N4O5/c1-4-11-10-22-18-16(20(28)25(3)21(29)24(18)2)17(11)23-19(27)15-9-13(26)12-7-5-6-8-14(12)30-15/h5-10H,4H2,1-3H3,(H,22,23,27). The highest BCUT2D eigenvalue weighted by molar-refractivity contribution is 6.08. The Hall–Kier alpha value is -4.01. The van der Waals surface area contributed by atoms with Crippen LogP contribution in [0.2, 0.25) is 0 Å². The fraction of sp³-hybridized carbons (Fsp3) is 0.190. The van der Waals surface area contributed by atoms with Crippen molar-refractivity contribution in [3.05, 3.63) is 78.9 Å². The maximum Gasteiger partial charge on any atom is 0.332 e. The maximum absolute atomic E-state index is 12.9. The van der Waals surface area contributed by atoms with Gasteiger partial charge in [0.2, 0.25) is 0 Å². The number of nitrogens with zero attached hydrogens (tertiary/aromatic N) is 3. The molecule has 1 amide bonds. The van der Waals surface area contributed by atoms with Crippen molar-refractivity contribution < 1.29 is 9.21 Å². The van der Waals surface area contributed by atoms with E-state index in [1.165, 1.54) is 24.9 Å². The monoisotopic (exact) mass is 406 g/mol. The Morgan fingerprint density at radius 3 is 2.60 bits per heavy atom. The Labute approximate surface area is 169 Å². The highest BCUT2D eigenvalue weighted by atomic mass is 16.3. The lowest BCUT2D eigenvalue weighted by atomic mass is 10.1. The van der Waals surface area contributed by atoms with Crippen LogP contribution in [-0.4, -0.2) is 20.0 Å². The van der Waals surface area contributed by atoms with Crippen molar-refractivity contribution in [1.82, 2.24) is 14.1 Å². The lowest BCUT2D eigenvalue weighted by Crippen LogP contribution is -2.38. The van der Waals surface area contributed by atoms with Gasteiger partial charge in [-0.15, -0.1) is 0 Å². The summed E-state index contributed by atoms with van der Waals surface area (Å²) in [4.78, 5) is 54.5. The van der Waals surface area contributed by atoms with Crippen LogP contribution in [0.15, 0.2) is 55.3 Å². The van der Waals surface area contributed by atoms with Crippen LogP contribution in [0, 0.1) is 0 Å². The largest absolute Gasteiger partial charge is 0.451 e. The van der Waals surface area contributed by atoms with Crippen LogP contribution in [0.1, 0.15) is 23.0 Å². The van der Waals surface area contributed by atoms with Crippen molar-refractivity contribution in [2.45, 2.75) is 13.3 Å². The van der Waals surface area contributed by atoms with Crippen molar-refractivity contribution >= 4 is 33.6 Å². The first kappa shape index (κ1) is 19.3. The van der Waals surface area contributed by atoms with E-state index in [9.17, 15) is 19.2 Å². The second kappa shape index (κ2) is 7.11. The molecule has 0 aliphatic carbocycles. The van der Waals surface area contributed by atoms with Gasteiger partial charge in [0.1, 0.15) is 11.0 Å². The molecule has 3 heterocycles. The molecule has 0 aliphatic rings. The van der Waals surface area contributed by atoms with E-state index in [-0.39, 0.29) is 33.5 Å². The molecule has 4 aromatic rings. The third kappa shape index (κ3) is 2.91. The summed E-state index contributed by atoms with van der Waals surface area (Å²) >= 11 is 0. The zero-order valence-electron chi connectivity index (χ0n) is 16.6. The van der Waals surface area contributed by atoms with Crippen LogP contribution in [0.5, 0.6) is 0 Å². The predicted octanol–water partition coefficient (Wildman–Crippen LogP) is 1.55. The van der Waals surface area contributed by atoms with Gasteiger partial charge in [-0.3, -0.25) is 23.5 Å². The number of aryl methyl sites for hydroxylation is 2. The molecule has 0 bridgehead atoms. The molecule has 0 spiro atoms. The zero-order chi connectivity index (χ0) is 21.6. The summed E-state index contributed by atoms with van der Waals surface area (Å²) in [6, 6.07) is 7.72. The lowest BCUT2D eigenvalue weighted by Gasteiger charge is -2.14. The van der Waals surface area contributed by atoms with Gasteiger partial charge in [0.25, 0.3) is 11.5 Å². The first-order valence-corrected chi connectivity index (χ1v) is 9.25. The summed E-state index contributed by atoms with van der Waals surface area (Å²) in [5, 5.41) is 3.16. The zero-order valence-corrected chi connectivity index (χ0v) is 16.6. The average molecular weight is 406 g/mol. The second-order valence-corrected chi connectivity index (χ2v) is 6.84. The van der Waals surface area contributed by atoms with Crippen molar-refractivity contribution in [1.29, 1.82) is 0 Å². The summed E-state index contributed by atoms with van der Waals surface area (Å²) in [6.45, 7) is 1.85. The quantitative estimate of drug-likeness (QED) is 0.552. The number of hydrogen-bond acceptors (Lipinski definition) is 6. The topological polar surface area (TPSA) is 116 Å². The van der Waals surface area contributed by atoms with Gasteiger partial charge in [-0.25, -0.2) is 9.78 Å². The number of rotatable bonds is 3. The summed E-state index contributed by atoms with van der Waals surface area (Å²) in [5.41, 5.74) is -0.183. The molecule has 9 nitrogen and oxygen atoms in total. The molecule has 152 valence electrons. The van der Waals surface area contributed by atoms with Crippen LogP contribution < -0.4 is 22.0 Å². The number of hydrogen-bond donors (Lipinski definition) is 1. The van der Waals surface area contributed by atoms with Crippen molar-refractivity contribution in [3.63, 3.8) is 0 Å². The van der Waals surface area contributed by atoms with E-state index >= 15 is 0 Å². The molecule has 1 N–H and O–H groups in total. The Kier molecular flexibility index (Phi) is 4.57. The molecule has 0 fully saturated rings. The predicted molar refractivity (Wildman–Crippen MR) is 112 cm³/mol. The molecule has 3 aromatic heterocycles. The Bertz CT molecular complexity index is 1510. The molecule has 0 saturated carbocycles. The number of aromatic nitrogens is 3. The summed E-state index contributed by atoms with van der Waals surface area (Å²) in [5.74, 6) is -0.872. The minimum Gasteiger partial charge on any atom is -0.451 e. The number of nitrogens with one attached hydrogen (secondary N) is 1. The summed E-state index contributed by atoms with van der Waals surface area (Å²) in [7, 11) is 2.85. The Morgan fingerprint density at radius 1 is 1.13 bits per heavy atom. The fourth-order valence-corrected chi connectivity index (χ4v) is 3.37. The average Bonchev–Trinajstić information content (AvgIpc) is 2.75. The van der Waals surface area contributed by atoms with Crippen molar-refractivity contribution in [2.24, 2.45) is 14.1 Å². The number of amides is 1. The molecule has 0 saturated heterocycles. The number of anilines is 1. The minimum atomic E-state index is -0.684. The second-order valence-electron chi connectivity index (χ2n) is 6.84. The van der Waals surface area contributed by atoms with E-state index in [0.717, 1.165) is 10.6 Å². The van der Waals surface area contributed by atoms with Gasteiger partial charge in [0.15, 0.2) is 16.8 Å². The van der Waals surface area contributed by atoms with Crippen LogP contribution in [-0.2, 0) is 20.5 Å². The Morgan fingerprint density at radius 2 is 1.87 bits per heavy atom. The number of carbonyl (C=O) groups excluding carboxylic acids is 1. The highest BCUT2D eigenvalue weighted by Crippen LogP contribution is 2.24. The highest BCUT2D eigenvalue weighted by Gasteiger charge is 2.20. The van der Waals surface area contributed by atoms with E-state index in [4.69, 9.17) is 4.42 Å². The van der Waals surface area contributed by atoms with Crippen LogP contribution in [0.25, 0.3) is 22.0 Å². The van der Waals surface area contributed by atoms with Gasteiger partial charge in [-0.2, -0.15) is 0 Å². The number of carbonyl (C=O) groups is 1. The Balaban J connectivity index is 1.92. The first-order valence-electron chi connectivity index (χ1n) is 9.25. The van der Waals surface area contributed by atoms with Gasteiger partial charge in [0.05, 0.1) is 11.1 Å². The van der Waals surface area contributed by atoms with E-state index in [1.807, 2.05) is 6.92 Å². The fourth-order valence-electron chi connectivity index (χ4n) is 3.37. The van der Waals surface area contributed by atoms with Gasteiger partial charge >= 0.3 is 5.69 Å². The first-order chi connectivity index (χ1) is 14.3. The van der Waals surface area contributed by atoms with Gasteiger partial charge in [-0.05, 0) is 24.1 Å². The molecule has 0 unspecified atom stereocenters. The molecular formula is C21H18N4O5. The van der Waals surface area contributed by atoms with Gasteiger partial charge in [0, 0.05) is 26.4 Å². The van der Waals surface area contributed by atoms with Crippen molar-refractivity contribution in [2.75, 3.05) is 5.32 Å².